The maximum atomic E-state index is 13.8. The molecule has 12 rings (SSSR count). The first-order valence-corrected chi connectivity index (χ1v) is 27.2. The minimum atomic E-state index is -1.03. The van der Waals surface area contributed by atoms with Crippen LogP contribution in [0.1, 0.15) is 86.8 Å². The van der Waals surface area contributed by atoms with Gasteiger partial charge in [0.1, 0.15) is 23.5 Å². The average Bonchev–Trinajstić information content (AvgIpc) is 4.33. The molecule has 0 radical (unpaired) electrons. The normalized spacial score (nSPS) is 18.3. The van der Waals surface area contributed by atoms with Crippen LogP contribution < -0.4 is 25.8 Å². The first-order valence-electron chi connectivity index (χ1n) is 27.2. The number of aromatic nitrogens is 7. The number of rotatable bonds is 12. The molecule has 4 saturated heterocycles. The molecular weight excluding hydrogens is 1010 g/mol. The highest BCUT2D eigenvalue weighted by Crippen LogP contribution is 2.34. The lowest BCUT2D eigenvalue weighted by Crippen LogP contribution is -2.54. The molecule has 1 atom stereocenters. The van der Waals surface area contributed by atoms with E-state index in [1.54, 1.807) is 47.5 Å². The Kier molecular flexibility index (Phi) is 14.3. The van der Waals surface area contributed by atoms with Gasteiger partial charge in [-0.25, -0.2) is 15.0 Å². The minimum absolute atomic E-state index is 0.0313. The fourth-order valence-corrected chi connectivity index (χ4v) is 11.4. The number of hydrogen-bond acceptors (Lipinski definition) is 15. The minimum Gasteiger partial charge on any atom is -0.380 e. The van der Waals surface area contributed by atoms with Crippen LogP contribution in [-0.4, -0.2) is 150 Å². The lowest BCUT2D eigenvalue weighted by atomic mass is 9.93. The number of pyridine rings is 3. The molecule has 4 fully saturated rings. The Hall–Kier alpha value is -9.29. The van der Waals surface area contributed by atoms with Crippen molar-refractivity contribution >= 4 is 69.4 Å². The highest BCUT2D eigenvalue weighted by Gasteiger charge is 2.45. The van der Waals surface area contributed by atoms with E-state index in [9.17, 15) is 28.8 Å². The van der Waals surface area contributed by atoms with Crippen LogP contribution in [0.3, 0.4) is 0 Å². The molecule has 80 heavy (non-hydrogen) atoms. The number of nitrogens with zero attached hydrogens (tertiary/aromatic N) is 12. The number of likely N-dealkylation sites (tertiary alicyclic amines) is 1. The van der Waals surface area contributed by atoms with Crippen molar-refractivity contribution in [1.29, 1.82) is 0 Å². The Morgan fingerprint density at radius 2 is 1.55 bits per heavy atom. The molecule has 0 spiro atoms. The van der Waals surface area contributed by atoms with Crippen molar-refractivity contribution in [3.05, 3.63) is 138 Å². The summed E-state index contributed by atoms with van der Waals surface area (Å²) < 4.78 is 3.72. The number of imide groups is 2. The summed E-state index contributed by atoms with van der Waals surface area (Å²) >= 11 is 0. The zero-order valence-electron chi connectivity index (χ0n) is 44.3. The lowest BCUT2D eigenvalue weighted by Gasteiger charge is -2.37. The van der Waals surface area contributed by atoms with Crippen LogP contribution in [0.25, 0.3) is 21.9 Å². The standard InChI is InChI=1S/C59H59N15O6/c1-68-37-45(35-64-68)41-8-9-43-34-62-50(29-44(43)28-41)66-55(76)42-13-18-60-52(30-42)71-26-24-69(25-27-71)19-3-4-38-7-11-51(63-31-38)70-20-14-40(15-21-70)57(78)72-22-16-46(17-23-72)73-36-39(33-65-73)32-61-48-6-2-5-47-54(48)59(80)74(58(47)79)49-10-12-53(75)67-56(49)77/h2,5-9,11,13,18,28-31,33-37,40,46,49,61H,10,12,14-17,19-27,32H2,1H3,(H,62,66,76)(H,67,75,77). The Bertz CT molecular complexity index is 3620. The van der Waals surface area contributed by atoms with Gasteiger partial charge in [-0.2, -0.15) is 10.2 Å². The number of carbonyl (C=O) groups excluding carboxylic acids is 6. The van der Waals surface area contributed by atoms with Gasteiger partial charge >= 0.3 is 0 Å². The molecule has 5 aliphatic heterocycles. The van der Waals surface area contributed by atoms with E-state index in [-0.39, 0.29) is 47.7 Å². The van der Waals surface area contributed by atoms with E-state index in [2.05, 4.69) is 68.7 Å². The summed E-state index contributed by atoms with van der Waals surface area (Å²) in [5.41, 5.74) is 5.21. The Labute approximate surface area is 461 Å². The van der Waals surface area contributed by atoms with Gasteiger partial charge in [0, 0.05) is 143 Å². The summed E-state index contributed by atoms with van der Waals surface area (Å²) in [7, 11) is 1.89. The van der Waals surface area contributed by atoms with Crippen molar-refractivity contribution in [1.82, 2.24) is 54.5 Å². The zero-order chi connectivity index (χ0) is 54.9. The van der Waals surface area contributed by atoms with Crippen molar-refractivity contribution in [2.24, 2.45) is 13.0 Å². The van der Waals surface area contributed by atoms with E-state index in [1.165, 1.54) is 0 Å². The fraction of sp³-hybridized carbons (Fsp3) is 0.339. The van der Waals surface area contributed by atoms with E-state index >= 15 is 0 Å². The second-order valence-corrected chi connectivity index (χ2v) is 21.0. The van der Waals surface area contributed by atoms with E-state index in [1.807, 2.05) is 77.8 Å². The molecule has 5 aliphatic rings. The van der Waals surface area contributed by atoms with E-state index in [0.29, 0.717) is 43.2 Å². The molecule has 0 bridgehead atoms. The van der Waals surface area contributed by atoms with Crippen LogP contribution in [0.15, 0.2) is 110 Å². The fourth-order valence-electron chi connectivity index (χ4n) is 11.4. The molecule has 10 heterocycles. The molecular formula is C59H59N15O6. The highest BCUT2D eigenvalue weighted by atomic mass is 16.2. The number of fused-ring (bicyclic) bond motifs is 2. The quantitative estimate of drug-likeness (QED) is 0.106. The first kappa shape index (κ1) is 51.5. The third-order valence-corrected chi connectivity index (χ3v) is 15.9. The Morgan fingerprint density at radius 1 is 0.725 bits per heavy atom. The second kappa shape index (κ2) is 22.2. The maximum absolute atomic E-state index is 13.8. The number of aryl methyl sites for hydroxylation is 1. The van der Waals surface area contributed by atoms with Gasteiger partial charge in [0.25, 0.3) is 17.7 Å². The van der Waals surface area contributed by atoms with Gasteiger partial charge < -0.3 is 25.3 Å². The summed E-state index contributed by atoms with van der Waals surface area (Å²) in [6.45, 7) is 6.92. The number of anilines is 4. The summed E-state index contributed by atoms with van der Waals surface area (Å²) in [6, 6.07) is 19.7. The van der Waals surface area contributed by atoms with E-state index in [0.717, 1.165) is 115 Å². The van der Waals surface area contributed by atoms with Crippen LogP contribution in [0.4, 0.5) is 23.1 Å². The van der Waals surface area contributed by atoms with Gasteiger partial charge in [0.15, 0.2) is 0 Å². The molecule has 406 valence electrons. The molecule has 0 aliphatic carbocycles. The van der Waals surface area contributed by atoms with Gasteiger partial charge in [0.05, 0.1) is 36.1 Å². The van der Waals surface area contributed by atoms with E-state index in [4.69, 9.17) is 4.98 Å². The molecule has 3 N–H and O–H groups in total. The average molecular weight is 1070 g/mol. The molecule has 5 aromatic heterocycles. The number of piperazine rings is 1. The first-order chi connectivity index (χ1) is 39.0. The third kappa shape index (κ3) is 10.8. The molecule has 0 saturated carbocycles. The van der Waals surface area contributed by atoms with Gasteiger partial charge in [-0.05, 0) is 91.6 Å². The Morgan fingerprint density at radius 3 is 2.33 bits per heavy atom. The van der Waals surface area contributed by atoms with E-state index < -0.39 is 29.7 Å². The van der Waals surface area contributed by atoms with Crippen LogP contribution >= 0.6 is 0 Å². The van der Waals surface area contributed by atoms with Crippen molar-refractivity contribution < 1.29 is 28.8 Å². The van der Waals surface area contributed by atoms with Gasteiger partial charge in [0.2, 0.25) is 17.7 Å². The monoisotopic (exact) mass is 1070 g/mol. The number of carbonyl (C=O) groups is 6. The topological polar surface area (TPSA) is 229 Å². The van der Waals surface area contributed by atoms with Gasteiger partial charge in [-0.3, -0.25) is 53.2 Å². The number of benzene rings is 2. The molecule has 7 aromatic rings. The maximum Gasteiger partial charge on any atom is 0.264 e. The second-order valence-electron chi connectivity index (χ2n) is 21.0. The zero-order valence-corrected chi connectivity index (χ0v) is 44.3. The van der Waals surface area contributed by atoms with Crippen molar-refractivity contribution in [3.8, 4) is 23.0 Å². The van der Waals surface area contributed by atoms with Gasteiger partial charge in [-0.1, -0.05) is 30.0 Å². The summed E-state index contributed by atoms with van der Waals surface area (Å²) in [5.74, 6) is 6.48. The number of amides is 6. The number of piperidine rings is 3. The molecule has 1 unspecified atom stereocenters. The molecule has 6 amide bonds. The molecule has 21 heteroatoms. The Balaban J connectivity index is 0.558. The van der Waals surface area contributed by atoms with Crippen LogP contribution in [0.2, 0.25) is 0 Å². The van der Waals surface area contributed by atoms with Crippen molar-refractivity contribution in [2.45, 2.75) is 57.2 Å². The van der Waals surface area contributed by atoms with Gasteiger partial charge in [-0.15, -0.1) is 0 Å². The number of nitrogens with one attached hydrogen (secondary N) is 3. The van der Waals surface area contributed by atoms with Crippen LogP contribution in [-0.2, 0) is 28.0 Å². The smallest absolute Gasteiger partial charge is 0.264 e. The third-order valence-electron chi connectivity index (χ3n) is 15.9. The predicted octanol–water partition coefficient (Wildman–Crippen LogP) is 5.14. The van der Waals surface area contributed by atoms with Crippen molar-refractivity contribution in [2.75, 3.05) is 79.3 Å². The largest absolute Gasteiger partial charge is 0.380 e. The lowest BCUT2D eigenvalue weighted by molar-refractivity contribution is -0.138. The summed E-state index contributed by atoms with van der Waals surface area (Å²) in [6.07, 6.45) is 16.1. The van der Waals surface area contributed by atoms with Crippen LogP contribution in [0, 0.1) is 17.8 Å². The number of hydrogen-bond donors (Lipinski definition) is 3. The van der Waals surface area contributed by atoms with Crippen LogP contribution in [0.5, 0.6) is 0 Å². The molecule has 2 aromatic carbocycles. The predicted molar refractivity (Wildman–Crippen MR) is 298 cm³/mol. The molecule has 21 nitrogen and oxygen atoms in total. The van der Waals surface area contributed by atoms with Crippen molar-refractivity contribution in [3.63, 3.8) is 0 Å². The summed E-state index contributed by atoms with van der Waals surface area (Å²) in [5, 5.41) is 19.4. The summed E-state index contributed by atoms with van der Waals surface area (Å²) in [4.78, 5) is 102. The SMILES string of the molecule is Cn1cc(-c2ccc3cnc(NC(=O)c4ccnc(N5CCN(CC#Cc6ccc(N7CCC(C(=O)N8CCC(n9cc(CNc%10cccc%11c%10C(=O)N(C%10CCC(=O)NC%10=O)C%11=O)cn9)CC8)CC7)nc6)CC5)c4)cc3c2)cn1. The highest BCUT2D eigenvalue weighted by molar-refractivity contribution is 6.25.